The number of urea groups is 1. The van der Waals surface area contributed by atoms with E-state index in [4.69, 9.17) is 0 Å². The van der Waals surface area contributed by atoms with E-state index in [1.165, 1.54) is 0 Å². The van der Waals surface area contributed by atoms with Crippen molar-refractivity contribution in [1.29, 1.82) is 0 Å². The van der Waals surface area contributed by atoms with Crippen molar-refractivity contribution in [2.75, 3.05) is 0 Å². The minimum absolute atomic E-state index is 0.0934. The Balaban J connectivity index is 2.05. The number of hydrogen-bond acceptors (Lipinski definition) is 2. The lowest BCUT2D eigenvalue weighted by Crippen LogP contribution is -2.56. The highest BCUT2D eigenvalue weighted by atomic mass is 16.4. The molecule has 2 unspecified atom stereocenters. The number of piperidine rings is 1. The van der Waals surface area contributed by atoms with E-state index in [-0.39, 0.29) is 24.2 Å². The van der Waals surface area contributed by atoms with Crippen LogP contribution in [0.25, 0.3) is 0 Å². The summed E-state index contributed by atoms with van der Waals surface area (Å²) in [6, 6.07) is 0.116. The molecule has 0 aromatic heterocycles. The number of carboxylic acids is 1. The smallest absolute Gasteiger partial charge is 0.318 e. The van der Waals surface area contributed by atoms with E-state index in [2.05, 4.69) is 19.2 Å². The number of amides is 2. The summed E-state index contributed by atoms with van der Waals surface area (Å²) in [5, 5.41) is 12.4. The predicted octanol–water partition coefficient (Wildman–Crippen LogP) is 2.60. The monoisotopic (exact) mass is 282 g/mol. The zero-order valence-corrected chi connectivity index (χ0v) is 12.7. The van der Waals surface area contributed by atoms with Gasteiger partial charge in [0.1, 0.15) is 0 Å². The Morgan fingerprint density at radius 1 is 1.15 bits per heavy atom. The normalized spacial score (nSPS) is 37.8. The molecule has 0 aromatic carbocycles. The largest absolute Gasteiger partial charge is 0.481 e. The van der Waals surface area contributed by atoms with Crippen molar-refractivity contribution >= 4 is 12.0 Å². The first-order chi connectivity index (χ1) is 9.36. The first kappa shape index (κ1) is 15.1. The zero-order chi connectivity index (χ0) is 14.9. The summed E-state index contributed by atoms with van der Waals surface area (Å²) in [5.74, 6) is -0.806. The van der Waals surface area contributed by atoms with Gasteiger partial charge in [-0.3, -0.25) is 4.79 Å². The quantitative estimate of drug-likeness (QED) is 0.818. The molecule has 1 aliphatic heterocycles. The lowest BCUT2D eigenvalue weighted by Gasteiger charge is -2.40. The van der Waals surface area contributed by atoms with Crippen molar-refractivity contribution in [3.8, 4) is 0 Å². The lowest BCUT2D eigenvalue weighted by atomic mass is 9.85. The van der Waals surface area contributed by atoms with Gasteiger partial charge in [0, 0.05) is 18.1 Å². The van der Waals surface area contributed by atoms with Gasteiger partial charge in [-0.15, -0.1) is 0 Å². The van der Waals surface area contributed by atoms with Crippen LogP contribution < -0.4 is 5.32 Å². The molecule has 2 amide bonds. The predicted molar refractivity (Wildman–Crippen MR) is 76.5 cm³/mol. The summed E-state index contributed by atoms with van der Waals surface area (Å²) in [7, 11) is 0. The lowest BCUT2D eigenvalue weighted by molar-refractivity contribution is -0.148. The molecule has 0 aromatic rings. The van der Waals surface area contributed by atoms with Crippen molar-refractivity contribution in [3.05, 3.63) is 0 Å². The molecule has 1 saturated carbocycles. The third-order valence-electron chi connectivity index (χ3n) is 5.17. The van der Waals surface area contributed by atoms with Crippen LogP contribution in [-0.4, -0.2) is 40.1 Å². The fourth-order valence-electron chi connectivity index (χ4n) is 3.70. The van der Waals surface area contributed by atoms with Crippen molar-refractivity contribution in [2.24, 2.45) is 5.41 Å². The van der Waals surface area contributed by atoms with Crippen molar-refractivity contribution in [1.82, 2.24) is 10.2 Å². The molecule has 0 radical (unpaired) electrons. The minimum atomic E-state index is -0.822. The first-order valence-electron chi connectivity index (χ1n) is 7.68. The number of carbonyl (C=O) groups excluding carboxylic acids is 1. The van der Waals surface area contributed by atoms with E-state index in [0.717, 1.165) is 32.1 Å². The van der Waals surface area contributed by atoms with Crippen LogP contribution in [0.4, 0.5) is 4.79 Å². The summed E-state index contributed by atoms with van der Waals surface area (Å²) in [6.07, 6.45) is 5.46. The number of nitrogens with one attached hydrogen (secondary N) is 1. The van der Waals surface area contributed by atoms with Crippen LogP contribution in [0.1, 0.15) is 59.3 Å². The molecule has 5 heteroatoms. The van der Waals surface area contributed by atoms with Crippen molar-refractivity contribution in [3.63, 3.8) is 0 Å². The van der Waals surface area contributed by atoms with Gasteiger partial charge in [0.25, 0.3) is 0 Å². The Labute approximate surface area is 120 Å². The number of aliphatic carboxylic acids is 1. The standard InChI is InChI=1S/C15H26N2O3/c1-10-6-4-7-11(2)17(10)14(20)16-12-8-5-9-15(12,3)13(18)19/h10-12H,4-9H2,1-3H3,(H,16,20)(H,18,19)/t10-,11+,12?,15?. The van der Waals surface area contributed by atoms with E-state index in [1.807, 2.05) is 4.90 Å². The topological polar surface area (TPSA) is 69.6 Å². The van der Waals surface area contributed by atoms with Crippen LogP contribution in [0, 0.1) is 5.41 Å². The average molecular weight is 282 g/mol. The molecule has 20 heavy (non-hydrogen) atoms. The molecule has 0 spiro atoms. The van der Waals surface area contributed by atoms with Gasteiger partial charge in [0.05, 0.1) is 5.41 Å². The maximum Gasteiger partial charge on any atom is 0.318 e. The molecule has 2 aliphatic rings. The van der Waals surface area contributed by atoms with Crippen molar-refractivity contribution in [2.45, 2.75) is 77.4 Å². The number of hydrogen-bond donors (Lipinski definition) is 2. The molecular weight excluding hydrogens is 256 g/mol. The van der Waals surface area contributed by atoms with E-state index in [1.54, 1.807) is 6.92 Å². The Bertz CT molecular complexity index is 389. The Morgan fingerprint density at radius 3 is 2.30 bits per heavy atom. The summed E-state index contributed by atoms with van der Waals surface area (Å²) in [4.78, 5) is 25.9. The molecule has 1 saturated heterocycles. The molecule has 2 fully saturated rings. The Morgan fingerprint density at radius 2 is 1.75 bits per heavy atom. The highest BCUT2D eigenvalue weighted by Gasteiger charge is 2.46. The van der Waals surface area contributed by atoms with Gasteiger partial charge in [-0.2, -0.15) is 0 Å². The van der Waals surface area contributed by atoms with Crippen LogP contribution in [0.15, 0.2) is 0 Å². The molecule has 1 heterocycles. The fraction of sp³-hybridized carbons (Fsp3) is 0.867. The SMILES string of the molecule is C[C@@H]1CCC[C@H](C)N1C(=O)NC1CCCC1(C)C(=O)O. The molecule has 0 bridgehead atoms. The number of rotatable bonds is 2. The Hall–Kier alpha value is -1.26. The van der Waals surface area contributed by atoms with Crippen LogP contribution in [0.2, 0.25) is 0 Å². The average Bonchev–Trinajstić information content (AvgIpc) is 2.72. The molecule has 4 atom stereocenters. The second-order valence-electron chi connectivity index (χ2n) is 6.65. The van der Waals surface area contributed by atoms with E-state index in [0.29, 0.717) is 6.42 Å². The molecule has 2 N–H and O–H groups in total. The van der Waals surface area contributed by atoms with Gasteiger partial charge < -0.3 is 15.3 Å². The number of nitrogens with zero attached hydrogens (tertiary/aromatic N) is 1. The molecule has 114 valence electrons. The maximum absolute atomic E-state index is 12.5. The summed E-state index contributed by atoms with van der Waals surface area (Å²) in [6.45, 7) is 5.89. The van der Waals surface area contributed by atoms with Gasteiger partial charge in [-0.05, 0) is 52.9 Å². The van der Waals surface area contributed by atoms with Crippen LogP contribution in [0.3, 0.4) is 0 Å². The molecule has 1 aliphatic carbocycles. The first-order valence-corrected chi connectivity index (χ1v) is 7.68. The summed E-state index contributed by atoms with van der Waals surface area (Å²) >= 11 is 0. The number of carbonyl (C=O) groups is 2. The van der Waals surface area contributed by atoms with Gasteiger partial charge in [0.2, 0.25) is 0 Å². The Kier molecular flexibility index (Phi) is 4.25. The van der Waals surface area contributed by atoms with E-state index < -0.39 is 11.4 Å². The maximum atomic E-state index is 12.5. The highest BCUT2D eigenvalue weighted by Crippen LogP contribution is 2.38. The third-order valence-corrected chi connectivity index (χ3v) is 5.17. The molecular formula is C15H26N2O3. The second kappa shape index (κ2) is 5.62. The van der Waals surface area contributed by atoms with Crippen LogP contribution in [0.5, 0.6) is 0 Å². The zero-order valence-electron chi connectivity index (χ0n) is 12.7. The van der Waals surface area contributed by atoms with Gasteiger partial charge in [0.15, 0.2) is 0 Å². The second-order valence-corrected chi connectivity index (χ2v) is 6.65. The molecule has 5 nitrogen and oxygen atoms in total. The van der Waals surface area contributed by atoms with Crippen LogP contribution >= 0.6 is 0 Å². The van der Waals surface area contributed by atoms with Crippen LogP contribution in [-0.2, 0) is 4.79 Å². The fourth-order valence-corrected chi connectivity index (χ4v) is 3.70. The van der Waals surface area contributed by atoms with Gasteiger partial charge in [-0.1, -0.05) is 6.42 Å². The number of carboxylic acid groups (broad SMARTS) is 1. The van der Waals surface area contributed by atoms with E-state index >= 15 is 0 Å². The van der Waals surface area contributed by atoms with E-state index in [9.17, 15) is 14.7 Å². The number of likely N-dealkylation sites (tertiary alicyclic amines) is 1. The van der Waals surface area contributed by atoms with Crippen molar-refractivity contribution < 1.29 is 14.7 Å². The minimum Gasteiger partial charge on any atom is -0.481 e. The summed E-state index contributed by atoms with van der Waals surface area (Å²) in [5.41, 5.74) is -0.822. The highest BCUT2D eigenvalue weighted by molar-refractivity contribution is 5.79. The summed E-state index contributed by atoms with van der Waals surface area (Å²) < 4.78 is 0. The third kappa shape index (κ3) is 2.63. The molecule has 2 rings (SSSR count). The van der Waals surface area contributed by atoms with Gasteiger partial charge in [-0.25, -0.2) is 4.79 Å². The van der Waals surface area contributed by atoms with Gasteiger partial charge >= 0.3 is 12.0 Å².